The summed E-state index contributed by atoms with van der Waals surface area (Å²) in [7, 11) is 0. The van der Waals surface area contributed by atoms with Crippen LogP contribution in [0.3, 0.4) is 0 Å². The molecule has 10 nitrogen and oxygen atoms in total. The minimum absolute atomic E-state index is 0.0737. The monoisotopic (exact) mass is 762 g/mol. The number of carbonyl (C=O) groups is 2. The van der Waals surface area contributed by atoms with Crippen LogP contribution in [0.15, 0.2) is 134 Å². The van der Waals surface area contributed by atoms with E-state index in [9.17, 15) is 9.59 Å². The van der Waals surface area contributed by atoms with Crippen molar-refractivity contribution in [1.82, 2.24) is 0 Å². The minimum Gasteiger partial charge on any atom is -0.446 e. The third kappa shape index (κ3) is 13.5. The molecule has 0 saturated carbocycles. The van der Waals surface area contributed by atoms with Crippen molar-refractivity contribution in [3.05, 3.63) is 156 Å². The summed E-state index contributed by atoms with van der Waals surface area (Å²) in [5, 5.41) is 0. The van der Waals surface area contributed by atoms with E-state index in [2.05, 4.69) is 18.4 Å². The number of rotatable bonds is 19. The van der Waals surface area contributed by atoms with Crippen molar-refractivity contribution >= 4 is 12.1 Å². The van der Waals surface area contributed by atoms with Crippen LogP contribution >= 0.6 is 0 Å². The molecule has 0 radical (unpaired) electrons. The maximum atomic E-state index is 13.2. The second kappa shape index (κ2) is 22.9. The summed E-state index contributed by atoms with van der Waals surface area (Å²) in [6.45, 7) is 8.19. The van der Waals surface area contributed by atoms with Gasteiger partial charge in [-0.25, -0.2) is 4.79 Å². The van der Waals surface area contributed by atoms with Gasteiger partial charge in [-0.1, -0.05) is 139 Å². The molecule has 0 aliphatic carbocycles. The average molecular weight is 763 g/mol. The van der Waals surface area contributed by atoms with Gasteiger partial charge in [-0.3, -0.25) is 4.79 Å². The molecule has 1 aliphatic rings. The van der Waals surface area contributed by atoms with Crippen molar-refractivity contribution in [2.24, 2.45) is 0 Å². The van der Waals surface area contributed by atoms with Crippen molar-refractivity contribution in [1.29, 1.82) is 0 Å². The fourth-order valence-electron chi connectivity index (χ4n) is 6.08. The van der Waals surface area contributed by atoms with Crippen LogP contribution in [-0.2, 0) is 69.1 Å². The van der Waals surface area contributed by atoms with E-state index in [4.69, 9.17) is 37.9 Å². The Labute approximate surface area is 329 Å². The fourth-order valence-corrected chi connectivity index (χ4v) is 6.08. The lowest BCUT2D eigenvalue weighted by Gasteiger charge is -2.47. The Balaban J connectivity index is 1.56. The van der Waals surface area contributed by atoms with Gasteiger partial charge >= 0.3 is 12.1 Å². The normalized spacial score (nSPS) is 20.1. The van der Waals surface area contributed by atoms with Crippen molar-refractivity contribution in [2.45, 2.75) is 89.4 Å². The van der Waals surface area contributed by atoms with E-state index in [1.807, 2.05) is 121 Å². The highest BCUT2D eigenvalue weighted by Gasteiger charge is 2.51. The van der Waals surface area contributed by atoms with Crippen LogP contribution in [-0.4, -0.2) is 68.1 Å². The molecule has 0 aromatic heterocycles. The molecule has 0 amide bonds. The first kappa shape index (κ1) is 41.9. The number of esters is 1. The first-order chi connectivity index (χ1) is 27.4. The van der Waals surface area contributed by atoms with E-state index in [0.29, 0.717) is 6.61 Å². The summed E-state index contributed by atoms with van der Waals surface area (Å²) >= 11 is 0. The second-order valence-electron chi connectivity index (χ2n) is 13.1. The van der Waals surface area contributed by atoms with E-state index < -0.39 is 54.9 Å². The van der Waals surface area contributed by atoms with Crippen LogP contribution in [0, 0.1) is 11.8 Å². The standard InChI is InChI=1S/C46H50O10/c1-4-18-41(47)55-39(28-27-34(3)54-46(48)50-5-2)43-45(53-32-38-25-16-9-17-26-38)44(52-31-37-23-14-8-15-24-37)42(51-30-36-21-12-7-13-22-36)40(56-43)33-49-29-35-19-10-6-11-20-35/h4,6-17,19-26,34,39-40,42-45H,1,5,18,29-33H2,2-3H3/t34-,39-,40-,42-,43+,44+,45+/m1/s1. The van der Waals surface area contributed by atoms with Gasteiger partial charge in [0.1, 0.15) is 30.5 Å². The van der Waals surface area contributed by atoms with Crippen LogP contribution < -0.4 is 0 Å². The second-order valence-corrected chi connectivity index (χ2v) is 13.1. The van der Waals surface area contributed by atoms with Gasteiger partial charge < -0.3 is 37.9 Å². The minimum atomic E-state index is -1.20. The molecular weight excluding hydrogens is 712 g/mol. The largest absolute Gasteiger partial charge is 0.509 e. The quantitative estimate of drug-likeness (QED) is 0.0534. The first-order valence-corrected chi connectivity index (χ1v) is 18.8. The number of hydrogen-bond donors (Lipinski definition) is 0. The Hall–Kier alpha value is -5.28. The molecule has 0 N–H and O–H groups in total. The Morgan fingerprint density at radius 2 is 1.16 bits per heavy atom. The molecule has 1 fully saturated rings. The Kier molecular flexibility index (Phi) is 17.2. The highest BCUT2D eigenvalue weighted by molar-refractivity contribution is 5.71. The summed E-state index contributed by atoms with van der Waals surface area (Å²) in [6.07, 6.45) is -5.72. The summed E-state index contributed by atoms with van der Waals surface area (Å²) in [5.74, 6) is 5.35. The average Bonchev–Trinajstić information content (AvgIpc) is 3.22. The van der Waals surface area contributed by atoms with E-state index in [1.54, 1.807) is 13.8 Å². The smallest absolute Gasteiger partial charge is 0.446 e. The van der Waals surface area contributed by atoms with Crippen LogP contribution in [0.5, 0.6) is 0 Å². The van der Waals surface area contributed by atoms with Crippen LogP contribution in [0.25, 0.3) is 0 Å². The highest BCUT2D eigenvalue weighted by Crippen LogP contribution is 2.33. The third-order valence-corrected chi connectivity index (χ3v) is 8.75. The predicted molar refractivity (Wildman–Crippen MR) is 210 cm³/mol. The van der Waals surface area contributed by atoms with E-state index in [0.717, 1.165) is 22.3 Å². The number of hydrogen-bond acceptors (Lipinski definition) is 10. The van der Waals surface area contributed by atoms with Crippen molar-refractivity contribution < 1.29 is 47.5 Å². The Bertz CT molecular complexity index is 1810. The maximum Gasteiger partial charge on any atom is 0.509 e. The molecule has 0 bridgehead atoms. The molecule has 1 aliphatic heterocycles. The molecule has 1 heterocycles. The lowest BCUT2D eigenvalue weighted by atomic mass is 9.91. The summed E-state index contributed by atoms with van der Waals surface area (Å²) in [5.41, 5.74) is 3.79. The van der Waals surface area contributed by atoms with Gasteiger partial charge in [0, 0.05) is 0 Å². The molecule has 0 spiro atoms. The van der Waals surface area contributed by atoms with E-state index in [-0.39, 0.29) is 39.5 Å². The summed E-state index contributed by atoms with van der Waals surface area (Å²) < 4.78 is 49.8. The molecule has 1 saturated heterocycles. The van der Waals surface area contributed by atoms with Crippen LogP contribution in [0.4, 0.5) is 4.79 Å². The Morgan fingerprint density at radius 1 is 0.679 bits per heavy atom. The third-order valence-electron chi connectivity index (χ3n) is 8.75. The number of benzene rings is 4. The predicted octanol–water partition coefficient (Wildman–Crippen LogP) is 7.78. The first-order valence-electron chi connectivity index (χ1n) is 18.8. The molecule has 5 rings (SSSR count). The van der Waals surface area contributed by atoms with Crippen molar-refractivity contribution in [2.75, 3.05) is 13.2 Å². The zero-order valence-corrected chi connectivity index (χ0v) is 31.9. The fraction of sp³-hybridized carbons (Fsp3) is 0.348. The van der Waals surface area contributed by atoms with Crippen LogP contribution in [0.1, 0.15) is 42.5 Å². The lowest BCUT2D eigenvalue weighted by molar-refractivity contribution is -0.283. The van der Waals surface area contributed by atoms with Gasteiger partial charge in [-0.2, -0.15) is 0 Å². The SMILES string of the molecule is C=CCC(=O)O[C@H](C#C[C@@H](C)OC(=O)OCC)[C@@H]1O[C@H](COCc2ccccc2)[C@@H](OCc2ccccc2)[C@H](OCc2ccccc2)[C@H]1OCc1ccccc1. The summed E-state index contributed by atoms with van der Waals surface area (Å²) in [6, 6.07) is 39.1. The molecule has 294 valence electrons. The molecule has 4 aromatic carbocycles. The summed E-state index contributed by atoms with van der Waals surface area (Å²) in [4.78, 5) is 25.3. The zero-order chi connectivity index (χ0) is 39.4. The molecule has 4 aromatic rings. The van der Waals surface area contributed by atoms with Gasteiger partial charge in [0.25, 0.3) is 0 Å². The Morgan fingerprint density at radius 3 is 1.66 bits per heavy atom. The molecule has 0 unspecified atom stereocenters. The van der Waals surface area contributed by atoms with E-state index >= 15 is 0 Å². The topological polar surface area (TPSA) is 108 Å². The van der Waals surface area contributed by atoms with E-state index in [1.165, 1.54) is 6.08 Å². The van der Waals surface area contributed by atoms with Crippen molar-refractivity contribution in [3.63, 3.8) is 0 Å². The molecule has 10 heteroatoms. The van der Waals surface area contributed by atoms with Gasteiger partial charge in [0.05, 0.1) is 46.1 Å². The molecular formula is C46H50O10. The van der Waals surface area contributed by atoms with Crippen LogP contribution in [0.2, 0.25) is 0 Å². The van der Waals surface area contributed by atoms with Gasteiger partial charge in [-0.15, -0.1) is 6.58 Å². The molecule has 7 atom stereocenters. The number of carbonyl (C=O) groups excluding carboxylic acids is 2. The highest BCUT2D eigenvalue weighted by atomic mass is 16.7. The van der Waals surface area contributed by atoms with Gasteiger partial charge in [0.2, 0.25) is 0 Å². The lowest BCUT2D eigenvalue weighted by Crippen LogP contribution is -2.64. The molecule has 56 heavy (non-hydrogen) atoms. The van der Waals surface area contributed by atoms with Gasteiger partial charge in [0.15, 0.2) is 12.2 Å². The maximum absolute atomic E-state index is 13.2. The zero-order valence-electron chi connectivity index (χ0n) is 31.9. The van der Waals surface area contributed by atoms with Crippen molar-refractivity contribution in [3.8, 4) is 11.8 Å². The van der Waals surface area contributed by atoms with Gasteiger partial charge in [-0.05, 0) is 36.1 Å². The number of ether oxygens (including phenoxy) is 8.